The molecule has 0 atom stereocenters. The summed E-state index contributed by atoms with van der Waals surface area (Å²) in [6.07, 6.45) is 0. The van der Waals surface area contributed by atoms with Crippen molar-refractivity contribution in [1.29, 1.82) is 0 Å². The van der Waals surface area contributed by atoms with Crippen molar-refractivity contribution >= 4 is 39.7 Å². The van der Waals surface area contributed by atoms with Gasteiger partial charge >= 0.3 is 0 Å². The molecule has 0 unspecified atom stereocenters. The predicted octanol–water partition coefficient (Wildman–Crippen LogP) is 3.93. The fraction of sp³-hybridized carbons (Fsp3) is 0.143. The number of aryl methyl sites for hydroxylation is 1. The summed E-state index contributed by atoms with van der Waals surface area (Å²) < 4.78 is 6.34. The first-order valence-corrected chi connectivity index (χ1v) is 6.64. The van der Waals surface area contributed by atoms with Crippen LogP contribution >= 0.6 is 22.6 Å². The SMILES string of the molecule is COc1ccc(Nc2ccc(N)cc2I)cc1C. The topological polar surface area (TPSA) is 47.3 Å². The second-order valence-corrected chi connectivity index (χ2v) is 5.21. The maximum absolute atomic E-state index is 5.73. The molecule has 3 nitrogen and oxygen atoms in total. The molecule has 0 heterocycles. The molecule has 0 aromatic heterocycles. The first-order valence-electron chi connectivity index (χ1n) is 5.57. The van der Waals surface area contributed by atoms with E-state index in [0.29, 0.717) is 0 Å². The quantitative estimate of drug-likeness (QED) is 0.649. The summed E-state index contributed by atoms with van der Waals surface area (Å²) in [6, 6.07) is 11.8. The number of methoxy groups -OCH3 is 1. The van der Waals surface area contributed by atoms with Crippen LogP contribution in [0, 0.1) is 10.5 Å². The average Bonchev–Trinajstić information content (AvgIpc) is 2.33. The molecule has 18 heavy (non-hydrogen) atoms. The maximum atomic E-state index is 5.73. The Kier molecular flexibility index (Phi) is 3.96. The third-order valence-corrected chi connectivity index (χ3v) is 3.56. The lowest BCUT2D eigenvalue weighted by Crippen LogP contribution is -1.96. The Morgan fingerprint density at radius 2 is 1.94 bits per heavy atom. The first kappa shape index (κ1) is 13.0. The van der Waals surface area contributed by atoms with Gasteiger partial charge in [0.25, 0.3) is 0 Å². The summed E-state index contributed by atoms with van der Waals surface area (Å²) in [7, 11) is 1.68. The maximum Gasteiger partial charge on any atom is 0.121 e. The third kappa shape index (κ3) is 2.87. The molecule has 94 valence electrons. The fourth-order valence-corrected chi connectivity index (χ4v) is 2.42. The van der Waals surface area contributed by atoms with Gasteiger partial charge in [-0.05, 0) is 71.5 Å². The number of benzene rings is 2. The fourth-order valence-electron chi connectivity index (χ4n) is 1.74. The van der Waals surface area contributed by atoms with Gasteiger partial charge in [-0.25, -0.2) is 0 Å². The molecular formula is C14H15IN2O. The zero-order valence-corrected chi connectivity index (χ0v) is 12.5. The van der Waals surface area contributed by atoms with Crippen molar-refractivity contribution < 1.29 is 4.74 Å². The van der Waals surface area contributed by atoms with Crippen LogP contribution in [0.4, 0.5) is 17.1 Å². The molecule has 2 aromatic rings. The van der Waals surface area contributed by atoms with E-state index in [1.165, 1.54) is 0 Å². The van der Waals surface area contributed by atoms with Gasteiger partial charge in [0.2, 0.25) is 0 Å². The van der Waals surface area contributed by atoms with Crippen molar-refractivity contribution in [2.75, 3.05) is 18.2 Å². The molecule has 0 aliphatic heterocycles. The zero-order chi connectivity index (χ0) is 13.1. The van der Waals surface area contributed by atoms with E-state index in [4.69, 9.17) is 10.5 Å². The average molecular weight is 354 g/mol. The summed E-state index contributed by atoms with van der Waals surface area (Å²) >= 11 is 2.27. The number of rotatable bonds is 3. The lowest BCUT2D eigenvalue weighted by molar-refractivity contribution is 0.412. The molecule has 0 spiro atoms. The summed E-state index contributed by atoms with van der Waals surface area (Å²) in [4.78, 5) is 0. The van der Waals surface area contributed by atoms with Gasteiger partial charge in [0.05, 0.1) is 12.8 Å². The van der Waals surface area contributed by atoms with Crippen LogP contribution in [0.3, 0.4) is 0 Å². The van der Waals surface area contributed by atoms with Crippen molar-refractivity contribution in [3.8, 4) is 5.75 Å². The Hall–Kier alpha value is -1.43. The number of anilines is 3. The smallest absolute Gasteiger partial charge is 0.121 e. The zero-order valence-electron chi connectivity index (χ0n) is 10.3. The Morgan fingerprint density at radius 3 is 2.56 bits per heavy atom. The van der Waals surface area contributed by atoms with Gasteiger partial charge in [0.15, 0.2) is 0 Å². The molecular weight excluding hydrogens is 339 g/mol. The van der Waals surface area contributed by atoms with Crippen LogP contribution in [-0.4, -0.2) is 7.11 Å². The second kappa shape index (κ2) is 5.48. The van der Waals surface area contributed by atoms with Crippen LogP contribution in [-0.2, 0) is 0 Å². The summed E-state index contributed by atoms with van der Waals surface area (Å²) in [5.74, 6) is 0.896. The molecule has 0 bridgehead atoms. The lowest BCUT2D eigenvalue weighted by Gasteiger charge is -2.11. The lowest BCUT2D eigenvalue weighted by atomic mass is 10.2. The van der Waals surface area contributed by atoms with Crippen LogP contribution in [0.25, 0.3) is 0 Å². The Balaban J connectivity index is 2.26. The van der Waals surface area contributed by atoms with Crippen LogP contribution in [0.5, 0.6) is 5.75 Å². The molecule has 0 saturated heterocycles. The van der Waals surface area contributed by atoms with E-state index in [-0.39, 0.29) is 0 Å². The molecule has 0 aliphatic carbocycles. The van der Waals surface area contributed by atoms with Gasteiger partial charge in [-0.1, -0.05) is 0 Å². The van der Waals surface area contributed by atoms with Crippen LogP contribution in [0.1, 0.15) is 5.56 Å². The normalized spacial score (nSPS) is 10.2. The minimum absolute atomic E-state index is 0.774. The molecule has 0 fully saturated rings. The minimum atomic E-state index is 0.774. The van der Waals surface area contributed by atoms with Crippen LogP contribution in [0.2, 0.25) is 0 Å². The van der Waals surface area contributed by atoms with E-state index in [1.807, 2.05) is 37.3 Å². The Bertz CT molecular complexity index is 570. The van der Waals surface area contributed by atoms with E-state index in [9.17, 15) is 0 Å². The number of hydrogen-bond donors (Lipinski definition) is 2. The summed E-state index contributed by atoms with van der Waals surface area (Å²) in [5.41, 5.74) is 9.70. The monoisotopic (exact) mass is 354 g/mol. The second-order valence-electron chi connectivity index (χ2n) is 4.05. The van der Waals surface area contributed by atoms with Crippen LogP contribution < -0.4 is 15.8 Å². The number of hydrogen-bond acceptors (Lipinski definition) is 3. The van der Waals surface area contributed by atoms with Gasteiger partial charge in [-0.2, -0.15) is 0 Å². The molecule has 3 N–H and O–H groups in total. The largest absolute Gasteiger partial charge is 0.496 e. The Morgan fingerprint density at radius 1 is 1.17 bits per heavy atom. The number of ether oxygens (including phenoxy) is 1. The van der Waals surface area contributed by atoms with E-state index in [2.05, 4.69) is 34.0 Å². The number of halogens is 1. The molecule has 0 radical (unpaired) electrons. The highest BCUT2D eigenvalue weighted by Gasteiger charge is 2.03. The molecule has 0 saturated carbocycles. The number of nitrogens with one attached hydrogen (secondary N) is 1. The van der Waals surface area contributed by atoms with Gasteiger partial charge in [0, 0.05) is 14.9 Å². The molecule has 4 heteroatoms. The van der Waals surface area contributed by atoms with E-state index in [1.54, 1.807) is 7.11 Å². The summed E-state index contributed by atoms with van der Waals surface area (Å²) in [5, 5.41) is 3.37. The molecule has 0 amide bonds. The molecule has 2 rings (SSSR count). The number of nitrogen functional groups attached to an aromatic ring is 1. The van der Waals surface area contributed by atoms with Crippen molar-refractivity contribution in [3.63, 3.8) is 0 Å². The standard InChI is InChI=1S/C14H15IN2O/c1-9-7-11(4-6-14(9)18-2)17-13-5-3-10(16)8-12(13)15/h3-8,17H,16H2,1-2H3. The number of nitrogens with two attached hydrogens (primary N) is 1. The van der Waals surface area contributed by atoms with Gasteiger partial charge in [-0.15, -0.1) is 0 Å². The third-order valence-electron chi connectivity index (χ3n) is 2.67. The van der Waals surface area contributed by atoms with Gasteiger partial charge in [0.1, 0.15) is 5.75 Å². The minimum Gasteiger partial charge on any atom is -0.496 e. The predicted molar refractivity (Wildman–Crippen MR) is 84.6 cm³/mol. The Labute approximate surface area is 120 Å². The van der Waals surface area contributed by atoms with E-state index >= 15 is 0 Å². The highest BCUT2D eigenvalue weighted by Crippen LogP contribution is 2.27. The van der Waals surface area contributed by atoms with Crippen molar-refractivity contribution in [1.82, 2.24) is 0 Å². The van der Waals surface area contributed by atoms with Gasteiger partial charge in [-0.3, -0.25) is 0 Å². The van der Waals surface area contributed by atoms with Crippen molar-refractivity contribution in [2.24, 2.45) is 0 Å². The first-order chi connectivity index (χ1) is 8.60. The van der Waals surface area contributed by atoms with E-state index < -0.39 is 0 Å². The van der Waals surface area contributed by atoms with Crippen molar-refractivity contribution in [2.45, 2.75) is 6.92 Å². The van der Waals surface area contributed by atoms with Crippen LogP contribution in [0.15, 0.2) is 36.4 Å². The van der Waals surface area contributed by atoms with Gasteiger partial charge < -0.3 is 15.8 Å². The summed E-state index contributed by atoms with van der Waals surface area (Å²) in [6.45, 7) is 2.03. The molecule has 2 aromatic carbocycles. The van der Waals surface area contributed by atoms with Crippen molar-refractivity contribution in [3.05, 3.63) is 45.5 Å². The molecule has 0 aliphatic rings. The van der Waals surface area contributed by atoms with E-state index in [0.717, 1.165) is 31.9 Å². The highest BCUT2D eigenvalue weighted by atomic mass is 127. The highest BCUT2D eigenvalue weighted by molar-refractivity contribution is 14.1.